The molecule has 0 amide bonds. The van der Waals surface area contributed by atoms with E-state index in [0.717, 1.165) is 25.9 Å². The van der Waals surface area contributed by atoms with E-state index >= 15 is 0 Å². The monoisotopic (exact) mass is 322 g/mol. The van der Waals surface area contributed by atoms with Gasteiger partial charge in [0.2, 0.25) is 0 Å². The fourth-order valence-corrected chi connectivity index (χ4v) is 1.22. The minimum absolute atomic E-state index is 0.538. The van der Waals surface area contributed by atoms with Crippen LogP contribution in [0.1, 0.15) is 39.5 Å². The summed E-state index contributed by atoms with van der Waals surface area (Å²) in [6.45, 7) is 6.45. The average molecular weight is 322 g/mol. The van der Waals surface area contributed by atoms with Gasteiger partial charge in [-0.2, -0.15) is 8.42 Å². The smallest absolute Gasteiger partial charge is 0.261 e. The summed E-state index contributed by atoms with van der Waals surface area (Å²) in [5.41, 5.74) is 12.4. The van der Waals surface area contributed by atoms with Gasteiger partial charge in [-0.15, -0.1) is 0 Å². The highest BCUT2D eigenvalue weighted by molar-refractivity contribution is 7.85. The maximum absolute atomic E-state index is 9.19. The van der Waals surface area contributed by atoms with Crippen molar-refractivity contribution < 1.29 is 13.0 Å². The van der Waals surface area contributed by atoms with Gasteiger partial charge in [0.1, 0.15) is 0 Å². The van der Waals surface area contributed by atoms with Crippen molar-refractivity contribution in [2.24, 2.45) is 16.5 Å². The summed E-state index contributed by atoms with van der Waals surface area (Å²) in [4.78, 5) is 4.19. The minimum Gasteiger partial charge on any atom is -0.370 e. The minimum atomic E-state index is -3.67. The number of unbranched alkanes of at least 4 members (excludes halogenated alkanes) is 3. The quantitative estimate of drug-likeness (QED) is 0.172. The number of allylic oxidation sites excluding steroid dienone is 1. The second kappa shape index (κ2) is 13.8. The predicted molar refractivity (Wildman–Crippen MR) is 88.9 cm³/mol. The standard InChI is InChI=1S/C12H26N4.CH4O3S/c1-11(2)7-10-16-12(14)15-9-6-4-3-5-8-13;1-5(2,3)4/h7H,3-6,8-10,13H2,1-2H3,(H3,14,15,16);1H3,(H,2,3,4). The Morgan fingerprint density at radius 1 is 1.24 bits per heavy atom. The van der Waals surface area contributed by atoms with Gasteiger partial charge in [0, 0.05) is 6.54 Å². The molecule has 0 heterocycles. The zero-order valence-corrected chi connectivity index (χ0v) is 14.1. The Kier molecular flexibility index (Phi) is 14.6. The van der Waals surface area contributed by atoms with E-state index in [1.807, 2.05) is 0 Å². The zero-order valence-electron chi connectivity index (χ0n) is 13.3. The highest BCUT2D eigenvalue weighted by atomic mass is 32.2. The van der Waals surface area contributed by atoms with Crippen molar-refractivity contribution in [2.45, 2.75) is 39.5 Å². The fourth-order valence-electron chi connectivity index (χ4n) is 1.22. The van der Waals surface area contributed by atoms with Crippen molar-refractivity contribution in [3.63, 3.8) is 0 Å². The normalized spacial score (nSPS) is 11.4. The van der Waals surface area contributed by atoms with Gasteiger partial charge in [0.15, 0.2) is 5.96 Å². The molecule has 0 aliphatic rings. The summed E-state index contributed by atoms with van der Waals surface area (Å²) in [7, 11) is -3.67. The fraction of sp³-hybridized carbons (Fsp3) is 0.769. The largest absolute Gasteiger partial charge is 0.370 e. The average Bonchev–Trinajstić information content (AvgIpc) is 2.31. The molecular formula is C13H30N4O3S. The molecule has 8 heteroatoms. The Labute approximate surface area is 128 Å². The Morgan fingerprint density at radius 2 is 1.76 bits per heavy atom. The third kappa shape index (κ3) is 32.4. The van der Waals surface area contributed by atoms with E-state index in [2.05, 4.69) is 30.2 Å². The molecule has 0 aliphatic carbocycles. The van der Waals surface area contributed by atoms with E-state index < -0.39 is 10.1 Å². The van der Waals surface area contributed by atoms with E-state index in [4.69, 9.17) is 16.0 Å². The number of aliphatic imine (C=N–C) groups is 1. The third-order valence-corrected chi connectivity index (χ3v) is 2.20. The van der Waals surface area contributed by atoms with Crippen LogP contribution in [-0.2, 0) is 10.1 Å². The summed E-state index contributed by atoms with van der Waals surface area (Å²) < 4.78 is 25.9. The van der Waals surface area contributed by atoms with Crippen molar-refractivity contribution in [1.29, 1.82) is 0 Å². The van der Waals surface area contributed by atoms with Gasteiger partial charge in [-0.1, -0.05) is 24.5 Å². The molecule has 0 unspecified atom stereocenters. The van der Waals surface area contributed by atoms with Crippen molar-refractivity contribution >= 4 is 16.1 Å². The highest BCUT2D eigenvalue weighted by Crippen LogP contribution is 1.96. The molecular weight excluding hydrogens is 292 g/mol. The van der Waals surface area contributed by atoms with Crippen LogP contribution in [0, 0.1) is 0 Å². The molecule has 0 bridgehead atoms. The van der Waals surface area contributed by atoms with Gasteiger partial charge < -0.3 is 16.8 Å². The van der Waals surface area contributed by atoms with Gasteiger partial charge >= 0.3 is 0 Å². The van der Waals surface area contributed by atoms with Crippen LogP contribution in [0.4, 0.5) is 0 Å². The van der Waals surface area contributed by atoms with Crippen molar-refractivity contribution in [2.75, 3.05) is 25.9 Å². The van der Waals surface area contributed by atoms with Crippen molar-refractivity contribution in [3.05, 3.63) is 11.6 Å². The maximum atomic E-state index is 9.19. The van der Waals surface area contributed by atoms with Crippen LogP contribution in [0.5, 0.6) is 0 Å². The van der Waals surface area contributed by atoms with E-state index in [1.165, 1.54) is 18.4 Å². The summed E-state index contributed by atoms with van der Waals surface area (Å²) in [5.74, 6) is 0.538. The molecule has 0 spiro atoms. The third-order valence-electron chi connectivity index (χ3n) is 2.20. The molecule has 0 saturated carbocycles. The Balaban J connectivity index is 0. The number of nitrogens with two attached hydrogens (primary N) is 2. The van der Waals surface area contributed by atoms with Crippen LogP contribution >= 0.6 is 0 Å². The van der Waals surface area contributed by atoms with E-state index in [1.54, 1.807) is 0 Å². The predicted octanol–water partition coefficient (Wildman–Crippen LogP) is 0.880. The molecule has 0 aliphatic heterocycles. The van der Waals surface area contributed by atoms with E-state index in [0.29, 0.717) is 18.8 Å². The number of rotatable bonds is 8. The van der Waals surface area contributed by atoms with Crippen LogP contribution in [0.15, 0.2) is 16.6 Å². The molecule has 6 N–H and O–H groups in total. The Morgan fingerprint density at radius 3 is 2.24 bits per heavy atom. The molecule has 7 nitrogen and oxygen atoms in total. The van der Waals surface area contributed by atoms with Crippen LogP contribution in [-0.4, -0.2) is 44.8 Å². The lowest BCUT2D eigenvalue weighted by molar-refractivity contribution is 0.490. The van der Waals surface area contributed by atoms with Gasteiger partial charge in [-0.25, -0.2) is 4.99 Å². The summed E-state index contributed by atoms with van der Waals surface area (Å²) in [5, 5.41) is 3.10. The molecule has 0 saturated heterocycles. The van der Waals surface area contributed by atoms with Gasteiger partial charge in [-0.3, -0.25) is 4.55 Å². The molecule has 0 rings (SSSR count). The summed E-state index contributed by atoms with van der Waals surface area (Å²) in [6.07, 6.45) is 7.41. The molecule has 0 aromatic rings. The van der Waals surface area contributed by atoms with Gasteiger partial charge in [0.25, 0.3) is 10.1 Å². The van der Waals surface area contributed by atoms with Crippen molar-refractivity contribution in [1.82, 2.24) is 5.32 Å². The number of nitrogens with one attached hydrogen (secondary N) is 1. The maximum Gasteiger partial charge on any atom is 0.261 e. The molecule has 21 heavy (non-hydrogen) atoms. The number of hydrogen-bond donors (Lipinski definition) is 4. The van der Waals surface area contributed by atoms with E-state index in [-0.39, 0.29) is 0 Å². The molecule has 0 fully saturated rings. The molecule has 0 aromatic heterocycles. The zero-order chi connectivity index (χ0) is 16.7. The lowest BCUT2D eigenvalue weighted by Gasteiger charge is -2.04. The second-order valence-electron chi connectivity index (χ2n) is 4.87. The van der Waals surface area contributed by atoms with Crippen LogP contribution < -0.4 is 16.8 Å². The lowest BCUT2D eigenvalue weighted by Crippen LogP contribution is -2.32. The van der Waals surface area contributed by atoms with Gasteiger partial charge in [-0.05, 0) is 33.2 Å². The Hall–Kier alpha value is -1.12. The van der Waals surface area contributed by atoms with E-state index in [9.17, 15) is 8.42 Å². The van der Waals surface area contributed by atoms with Crippen LogP contribution in [0.2, 0.25) is 0 Å². The first-order valence-corrected chi connectivity index (χ1v) is 8.81. The lowest BCUT2D eigenvalue weighted by atomic mass is 10.2. The van der Waals surface area contributed by atoms with Crippen LogP contribution in [0.25, 0.3) is 0 Å². The summed E-state index contributed by atoms with van der Waals surface area (Å²) >= 11 is 0. The molecule has 0 aromatic carbocycles. The number of hydrogen-bond acceptors (Lipinski definition) is 4. The second-order valence-corrected chi connectivity index (χ2v) is 6.34. The molecule has 126 valence electrons. The first-order valence-electron chi connectivity index (χ1n) is 6.96. The summed E-state index contributed by atoms with van der Waals surface area (Å²) in [6, 6.07) is 0. The highest BCUT2D eigenvalue weighted by Gasteiger charge is 1.91. The van der Waals surface area contributed by atoms with Gasteiger partial charge in [0.05, 0.1) is 12.8 Å². The first-order chi connectivity index (χ1) is 9.66. The molecule has 0 atom stereocenters. The Bertz CT molecular complexity index is 394. The SMILES string of the molecule is CC(C)=CCN=C(N)NCCCCCCN.CS(=O)(=O)O. The first kappa shape index (κ1) is 22.2. The van der Waals surface area contributed by atoms with Crippen LogP contribution in [0.3, 0.4) is 0 Å². The van der Waals surface area contributed by atoms with Crippen molar-refractivity contribution in [3.8, 4) is 0 Å². The topological polar surface area (TPSA) is 131 Å². The molecule has 0 radical (unpaired) electrons. The number of guanidine groups is 1. The number of nitrogens with zero attached hydrogens (tertiary/aromatic N) is 1.